The highest BCUT2D eigenvalue weighted by Crippen LogP contribution is 2.36. The average Bonchev–Trinajstić information content (AvgIpc) is 2.55. The Morgan fingerprint density at radius 3 is 3.09 bits per heavy atom. The van der Waals surface area contributed by atoms with E-state index < -0.39 is 5.60 Å². The van der Waals surface area contributed by atoms with E-state index in [9.17, 15) is 5.11 Å². The zero-order chi connectivity index (χ0) is 7.73. The summed E-state index contributed by atoms with van der Waals surface area (Å²) in [6, 6.07) is 3.65. The highest BCUT2D eigenvalue weighted by Gasteiger charge is 2.35. The summed E-state index contributed by atoms with van der Waals surface area (Å²) in [5.74, 6) is 2.50. The van der Waals surface area contributed by atoms with Gasteiger partial charge in [-0.05, 0) is 24.3 Å². The van der Waals surface area contributed by atoms with Crippen LogP contribution in [0.25, 0.3) is 0 Å². The molecule has 11 heavy (non-hydrogen) atoms. The lowest BCUT2D eigenvalue weighted by Gasteiger charge is -2.17. The first-order valence-corrected chi connectivity index (χ1v) is 4.81. The number of rotatable bonds is 1. The van der Waals surface area contributed by atoms with Crippen LogP contribution in [0.2, 0.25) is 0 Å². The summed E-state index contributed by atoms with van der Waals surface area (Å²) in [5, 5.41) is 9.94. The molecule has 1 aliphatic heterocycles. The van der Waals surface area contributed by atoms with Crippen LogP contribution in [0.1, 0.15) is 12.2 Å². The number of thioether (sulfide) groups is 1. The first kappa shape index (κ1) is 7.25. The second-order valence-electron chi connectivity index (χ2n) is 2.81. The third-order valence-electron chi connectivity index (χ3n) is 1.98. The molecule has 2 rings (SSSR count). The summed E-state index contributed by atoms with van der Waals surface area (Å²) >= 11 is 1.77. The van der Waals surface area contributed by atoms with Gasteiger partial charge in [0.25, 0.3) is 0 Å². The van der Waals surface area contributed by atoms with Gasteiger partial charge in [0.05, 0.1) is 6.26 Å². The van der Waals surface area contributed by atoms with Crippen molar-refractivity contribution in [3.05, 3.63) is 24.2 Å². The largest absolute Gasteiger partial charge is 0.466 e. The molecule has 1 aromatic rings. The van der Waals surface area contributed by atoms with Crippen LogP contribution < -0.4 is 0 Å². The number of furan rings is 1. The van der Waals surface area contributed by atoms with Crippen molar-refractivity contribution in [2.75, 3.05) is 11.5 Å². The normalized spacial score (nSPS) is 31.0. The fourth-order valence-corrected chi connectivity index (χ4v) is 2.54. The summed E-state index contributed by atoms with van der Waals surface area (Å²) < 4.78 is 5.16. The van der Waals surface area contributed by atoms with Crippen LogP contribution in [0.4, 0.5) is 0 Å². The monoisotopic (exact) mass is 170 g/mol. The van der Waals surface area contributed by atoms with E-state index in [4.69, 9.17) is 4.42 Å². The van der Waals surface area contributed by atoms with E-state index in [1.54, 1.807) is 18.0 Å². The minimum atomic E-state index is -0.686. The Morgan fingerprint density at radius 2 is 2.55 bits per heavy atom. The fraction of sp³-hybridized carbons (Fsp3) is 0.500. The predicted octanol–water partition coefficient (Wildman–Crippen LogP) is 1.60. The molecular formula is C8H10O2S. The van der Waals surface area contributed by atoms with Crippen LogP contribution in [0, 0.1) is 0 Å². The molecule has 0 radical (unpaired) electrons. The Morgan fingerprint density at radius 1 is 1.64 bits per heavy atom. The van der Waals surface area contributed by atoms with Crippen molar-refractivity contribution in [1.29, 1.82) is 0 Å². The van der Waals surface area contributed by atoms with Crippen LogP contribution in [0.3, 0.4) is 0 Å². The second-order valence-corrected chi connectivity index (χ2v) is 3.92. The van der Waals surface area contributed by atoms with E-state index in [1.165, 1.54) is 0 Å². The summed E-state index contributed by atoms with van der Waals surface area (Å²) in [6.45, 7) is 0. The fourth-order valence-electron chi connectivity index (χ4n) is 1.29. The second kappa shape index (κ2) is 2.57. The maximum Gasteiger partial charge on any atom is 0.136 e. The molecule has 3 heteroatoms. The Bertz CT molecular complexity index is 224. The van der Waals surface area contributed by atoms with E-state index in [1.807, 2.05) is 12.1 Å². The third kappa shape index (κ3) is 1.19. The third-order valence-corrected chi connectivity index (χ3v) is 3.16. The van der Waals surface area contributed by atoms with Gasteiger partial charge in [0, 0.05) is 5.75 Å². The topological polar surface area (TPSA) is 33.4 Å². The molecule has 0 saturated carbocycles. The molecule has 1 N–H and O–H groups in total. The Kier molecular flexibility index (Phi) is 1.69. The molecule has 1 atom stereocenters. The molecule has 0 spiro atoms. The van der Waals surface area contributed by atoms with Gasteiger partial charge < -0.3 is 9.52 Å². The van der Waals surface area contributed by atoms with Crippen molar-refractivity contribution < 1.29 is 9.52 Å². The van der Waals surface area contributed by atoms with Gasteiger partial charge in [-0.15, -0.1) is 0 Å². The lowest BCUT2D eigenvalue weighted by Crippen LogP contribution is -2.23. The quantitative estimate of drug-likeness (QED) is 0.695. The Balaban J connectivity index is 2.27. The molecule has 1 fully saturated rings. The molecule has 60 valence electrons. The number of hydrogen-bond donors (Lipinski definition) is 1. The Labute approximate surface area is 69.6 Å². The van der Waals surface area contributed by atoms with Crippen molar-refractivity contribution in [2.24, 2.45) is 0 Å². The summed E-state index contributed by atoms with van der Waals surface area (Å²) in [7, 11) is 0. The minimum Gasteiger partial charge on any atom is -0.466 e. The van der Waals surface area contributed by atoms with E-state index in [0.29, 0.717) is 5.76 Å². The van der Waals surface area contributed by atoms with Gasteiger partial charge >= 0.3 is 0 Å². The summed E-state index contributed by atoms with van der Waals surface area (Å²) in [4.78, 5) is 0. The summed E-state index contributed by atoms with van der Waals surface area (Å²) in [5.41, 5.74) is -0.686. The first-order valence-electron chi connectivity index (χ1n) is 3.65. The van der Waals surface area contributed by atoms with E-state index >= 15 is 0 Å². The standard InChI is InChI=1S/C8H10O2S/c9-8(3-5-11-6-8)7-2-1-4-10-7/h1-2,4,9H,3,5-6H2. The summed E-state index contributed by atoms with van der Waals surface area (Å²) in [6.07, 6.45) is 2.42. The van der Waals surface area contributed by atoms with Gasteiger partial charge in [-0.3, -0.25) is 0 Å². The van der Waals surface area contributed by atoms with Crippen molar-refractivity contribution in [3.63, 3.8) is 0 Å². The van der Waals surface area contributed by atoms with Crippen molar-refractivity contribution in [1.82, 2.24) is 0 Å². The maximum absolute atomic E-state index is 9.94. The molecule has 2 heterocycles. The van der Waals surface area contributed by atoms with Gasteiger partial charge in [0.1, 0.15) is 11.4 Å². The molecule has 1 saturated heterocycles. The molecule has 0 amide bonds. The predicted molar refractivity (Wildman–Crippen MR) is 44.5 cm³/mol. The highest BCUT2D eigenvalue weighted by molar-refractivity contribution is 7.99. The lowest BCUT2D eigenvalue weighted by atomic mass is 10.0. The van der Waals surface area contributed by atoms with Crippen molar-refractivity contribution in [3.8, 4) is 0 Å². The molecule has 0 bridgehead atoms. The van der Waals surface area contributed by atoms with Gasteiger partial charge in [0.2, 0.25) is 0 Å². The van der Waals surface area contributed by atoms with Crippen molar-refractivity contribution >= 4 is 11.8 Å². The van der Waals surface area contributed by atoms with Gasteiger partial charge in [0.15, 0.2) is 0 Å². The highest BCUT2D eigenvalue weighted by atomic mass is 32.2. The first-order chi connectivity index (χ1) is 5.31. The molecular weight excluding hydrogens is 160 g/mol. The maximum atomic E-state index is 9.94. The van der Waals surface area contributed by atoms with E-state index in [0.717, 1.165) is 17.9 Å². The van der Waals surface area contributed by atoms with Crippen LogP contribution in [-0.2, 0) is 5.60 Å². The number of hydrogen-bond acceptors (Lipinski definition) is 3. The zero-order valence-corrected chi connectivity index (χ0v) is 6.93. The van der Waals surface area contributed by atoms with E-state index in [-0.39, 0.29) is 0 Å². The zero-order valence-electron chi connectivity index (χ0n) is 6.12. The molecule has 1 unspecified atom stereocenters. The molecule has 1 aromatic heterocycles. The smallest absolute Gasteiger partial charge is 0.136 e. The van der Waals surface area contributed by atoms with Gasteiger partial charge in [-0.25, -0.2) is 0 Å². The van der Waals surface area contributed by atoms with Crippen molar-refractivity contribution in [2.45, 2.75) is 12.0 Å². The van der Waals surface area contributed by atoms with Crippen LogP contribution in [0.5, 0.6) is 0 Å². The average molecular weight is 170 g/mol. The SMILES string of the molecule is OC1(c2ccco2)CCSC1. The Hall–Kier alpha value is -0.410. The molecule has 2 nitrogen and oxygen atoms in total. The van der Waals surface area contributed by atoms with Crippen LogP contribution >= 0.6 is 11.8 Å². The minimum absolute atomic E-state index is 0.686. The van der Waals surface area contributed by atoms with Gasteiger partial charge in [-0.1, -0.05) is 0 Å². The van der Waals surface area contributed by atoms with Crippen LogP contribution in [0.15, 0.2) is 22.8 Å². The lowest BCUT2D eigenvalue weighted by molar-refractivity contribution is 0.0422. The molecule has 0 aromatic carbocycles. The van der Waals surface area contributed by atoms with Crippen LogP contribution in [-0.4, -0.2) is 16.6 Å². The molecule has 0 aliphatic carbocycles. The number of aliphatic hydroxyl groups is 1. The van der Waals surface area contributed by atoms with Gasteiger partial charge in [-0.2, -0.15) is 11.8 Å². The van der Waals surface area contributed by atoms with E-state index in [2.05, 4.69) is 0 Å². The molecule has 1 aliphatic rings.